The van der Waals surface area contributed by atoms with Gasteiger partial charge < -0.3 is 25.6 Å². The molecule has 10 heteroatoms. The summed E-state index contributed by atoms with van der Waals surface area (Å²) in [5.41, 5.74) is -0.458. The molecule has 0 saturated carbocycles. The number of rotatable bonds is 3. The van der Waals surface area contributed by atoms with Crippen LogP contribution in [-0.4, -0.2) is 60.1 Å². The minimum atomic E-state index is -1.46. The molecule has 5 amide bonds. The van der Waals surface area contributed by atoms with Gasteiger partial charge in [-0.3, -0.25) is 14.9 Å². The third-order valence-electron chi connectivity index (χ3n) is 6.79. The number of alkyl carbamates (subject to hydrolysis) is 1. The maximum absolute atomic E-state index is 13.7. The lowest BCUT2D eigenvalue weighted by Crippen LogP contribution is -2.69. The molecule has 2 atom stereocenters. The van der Waals surface area contributed by atoms with Gasteiger partial charge >= 0.3 is 12.1 Å². The predicted octanol–water partition coefficient (Wildman–Crippen LogP) is 1.77. The van der Waals surface area contributed by atoms with Crippen molar-refractivity contribution in [3.8, 4) is 0 Å². The van der Waals surface area contributed by atoms with Crippen molar-refractivity contribution in [3.63, 3.8) is 0 Å². The predicted molar refractivity (Wildman–Crippen MR) is 121 cm³/mol. The Labute approximate surface area is 192 Å². The van der Waals surface area contributed by atoms with Crippen molar-refractivity contribution < 1.29 is 23.9 Å². The van der Waals surface area contributed by atoms with Crippen molar-refractivity contribution in [2.45, 2.75) is 63.1 Å². The van der Waals surface area contributed by atoms with Crippen molar-refractivity contribution in [2.75, 3.05) is 25.5 Å². The van der Waals surface area contributed by atoms with Gasteiger partial charge in [0.15, 0.2) is 0 Å². The number of hydrogen-bond acceptors (Lipinski definition) is 6. The number of carbonyl (C=O) groups is 4. The highest BCUT2D eigenvalue weighted by Gasteiger charge is 2.58. The third-order valence-corrected chi connectivity index (χ3v) is 6.79. The smallest absolute Gasteiger partial charge is 0.415 e. The second-order valence-electron chi connectivity index (χ2n) is 10.2. The van der Waals surface area contributed by atoms with Crippen LogP contribution < -0.4 is 21.3 Å². The molecular weight excluding hydrogens is 426 g/mol. The summed E-state index contributed by atoms with van der Waals surface area (Å²) < 4.78 is 5.50. The van der Waals surface area contributed by atoms with Gasteiger partial charge in [-0.15, -0.1) is 0 Å². The molecule has 4 N–H and O–H groups in total. The van der Waals surface area contributed by atoms with Crippen LogP contribution in [-0.2, 0) is 19.9 Å². The number of anilines is 1. The van der Waals surface area contributed by atoms with Crippen molar-refractivity contribution in [2.24, 2.45) is 0 Å². The summed E-state index contributed by atoms with van der Waals surface area (Å²) in [5.74, 6) is -0.926. The minimum Gasteiger partial charge on any atom is -0.427 e. The normalized spacial score (nSPS) is 27.1. The van der Waals surface area contributed by atoms with Crippen LogP contribution in [0.4, 0.5) is 15.3 Å². The Balaban J connectivity index is 1.70. The first-order valence-corrected chi connectivity index (χ1v) is 11.1. The number of piperazine rings is 1. The number of imide groups is 1. The quantitative estimate of drug-likeness (QED) is 0.548. The molecule has 1 aromatic rings. The van der Waals surface area contributed by atoms with Gasteiger partial charge in [-0.25, -0.2) is 9.59 Å². The fourth-order valence-corrected chi connectivity index (χ4v) is 5.65. The van der Waals surface area contributed by atoms with Gasteiger partial charge in [0, 0.05) is 44.2 Å². The molecule has 0 unspecified atom stereocenters. The van der Waals surface area contributed by atoms with E-state index in [9.17, 15) is 19.2 Å². The van der Waals surface area contributed by atoms with Crippen LogP contribution in [0.2, 0.25) is 0 Å². The van der Waals surface area contributed by atoms with Gasteiger partial charge in [0.05, 0.1) is 11.1 Å². The Morgan fingerprint density at radius 1 is 1.15 bits per heavy atom. The molecule has 1 aromatic carbocycles. The number of carbonyl (C=O) groups excluding carboxylic acids is 4. The van der Waals surface area contributed by atoms with E-state index in [0.717, 1.165) is 0 Å². The van der Waals surface area contributed by atoms with Gasteiger partial charge in [-0.05, 0) is 51.3 Å². The van der Waals surface area contributed by atoms with Crippen molar-refractivity contribution in [1.29, 1.82) is 0 Å². The summed E-state index contributed by atoms with van der Waals surface area (Å²) in [6.45, 7) is 9.46. The van der Waals surface area contributed by atoms with E-state index in [1.54, 1.807) is 18.2 Å². The van der Waals surface area contributed by atoms with E-state index in [-0.39, 0.29) is 30.7 Å². The SMILES string of the molecule is CNC(=O)Nc1ccc2c(c1)[C@@H](CC(=O)N1C(C)(C)CNCC1(C)C)C[C@@]21OC(=O)NC1=O. The molecule has 1 aliphatic carbocycles. The first kappa shape index (κ1) is 23.0. The van der Waals surface area contributed by atoms with Crippen LogP contribution in [0.15, 0.2) is 18.2 Å². The zero-order valence-corrected chi connectivity index (χ0v) is 19.6. The molecule has 2 saturated heterocycles. The third kappa shape index (κ3) is 3.82. The van der Waals surface area contributed by atoms with Gasteiger partial charge in [0.1, 0.15) is 0 Å². The first-order chi connectivity index (χ1) is 15.4. The standard InChI is InChI=1S/C23H31N5O5/c1-21(2)11-25-12-22(3,4)28(21)17(29)8-13-10-23(18(30)27-20(32)33-23)16-7-6-14(9-15(13)16)26-19(31)24-5/h6-7,9,13,25H,8,10-12H2,1-5H3,(H2,24,26,31)(H,27,30,32)/t13-,23+/m0/s1. The van der Waals surface area contributed by atoms with Gasteiger partial charge in [-0.2, -0.15) is 0 Å². The lowest BCUT2D eigenvalue weighted by atomic mass is 9.86. The van der Waals surface area contributed by atoms with Crippen molar-refractivity contribution >= 4 is 29.6 Å². The number of nitrogens with one attached hydrogen (secondary N) is 4. The second kappa shape index (κ2) is 7.72. The van der Waals surface area contributed by atoms with E-state index in [0.29, 0.717) is 29.9 Å². The summed E-state index contributed by atoms with van der Waals surface area (Å²) >= 11 is 0. The number of amides is 5. The molecule has 2 heterocycles. The molecule has 0 radical (unpaired) electrons. The fraction of sp³-hybridized carbons (Fsp3) is 0.565. The number of benzene rings is 1. The summed E-state index contributed by atoms with van der Waals surface area (Å²) in [4.78, 5) is 52.1. The molecule has 33 heavy (non-hydrogen) atoms. The molecule has 2 aliphatic heterocycles. The van der Waals surface area contributed by atoms with Crippen LogP contribution in [0.1, 0.15) is 57.6 Å². The van der Waals surface area contributed by atoms with Gasteiger partial charge in [-0.1, -0.05) is 6.07 Å². The average Bonchev–Trinajstić information content (AvgIpc) is 3.15. The molecule has 4 rings (SSSR count). The number of fused-ring (bicyclic) bond motifs is 2. The largest absolute Gasteiger partial charge is 0.427 e. The van der Waals surface area contributed by atoms with E-state index in [4.69, 9.17) is 4.74 Å². The van der Waals surface area contributed by atoms with E-state index in [2.05, 4.69) is 21.3 Å². The minimum absolute atomic E-state index is 0.0334. The van der Waals surface area contributed by atoms with Crippen LogP contribution >= 0.6 is 0 Å². The molecular formula is C23H31N5O5. The Bertz CT molecular complexity index is 1020. The first-order valence-electron chi connectivity index (χ1n) is 11.1. The zero-order chi connectivity index (χ0) is 24.2. The Kier molecular flexibility index (Phi) is 5.39. The topological polar surface area (TPSA) is 129 Å². The van der Waals surface area contributed by atoms with Gasteiger partial charge in [0.25, 0.3) is 5.91 Å². The highest BCUT2D eigenvalue weighted by molar-refractivity contribution is 6.04. The Morgan fingerprint density at radius 3 is 2.39 bits per heavy atom. The number of nitrogens with zero attached hydrogens (tertiary/aromatic N) is 1. The second-order valence-corrected chi connectivity index (χ2v) is 10.2. The summed E-state index contributed by atoms with van der Waals surface area (Å²) in [5, 5.41) is 10.8. The summed E-state index contributed by atoms with van der Waals surface area (Å²) in [6, 6.07) is 4.71. The number of hydrogen-bond donors (Lipinski definition) is 4. The van der Waals surface area contributed by atoms with E-state index >= 15 is 0 Å². The molecule has 0 aromatic heterocycles. The molecule has 0 bridgehead atoms. The highest BCUT2D eigenvalue weighted by Crippen LogP contribution is 2.51. The van der Waals surface area contributed by atoms with Gasteiger partial charge in [0.2, 0.25) is 11.5 Å². The van der Waals surface area contributed by atoms with Crippen molar-refractivity contribution in [1.82, 2.24) is 20.9 Å². The average molecular weight is 458 g/mol. The fourth-order valence-electron chi connectivity index (χ4n) is 5.65. The maximum Gasteiger partial charge on any atom is 0.415 e. The highest BCUT2D eigenvalue weighted by atomic mass is 16.6. The van der Waals surface area contributed by atoms with Crippen LogP contribution in [0.5, 0.6) is 0 Å². The summed E-state index contributed by atoms with van der Waals surface area (Å²) in [7, 11) is 1.51. The number of ether oxygens (including phenoxy) is 1. The number of urea groups is 1. The monoisotopic (exact) mass is 457 g/mol. The lowest BCUT2D eigenvalue weighted by molar-refractivity contribution is -0.148. The van der Waals surface area contributed by atoms with Crippen LogP contribution in [0.25, 0.3) is 0 Å². The Morgan fingerprint density at radius 2 is 1.82 bits per heavy atom. The molecule has 1 spiro atoms. The van der Waals surface area contributed by atoms with E-state index < -0.39 is 28.7 Å². The van der Waals surface area contributed by atoms with E-state index in [1.165, 1.54) is 7.05 Å². The molecule has 10 nitrogen and oxygen atoms in total. The van der Waals surface area contributed by atoms with Crippen LogP contribution in [0, 0.1) is 0 Å². The molecule has 178 valence electrons. The molecule has 3 aliphatic rings. The zero-order valence-electron chi connectivity index (χ0n) is 19.6. The summed E-state index contributed by atoms with van der Waals surface area (Å²) in [6.07, 6.45) is -0.479. The lowest BCUT2D eigenvalue weighted by Gasteiger charge is -2.53. The maximum atomic E-state index is 13.7. The van der Waals surface area contributed by atoms with Crippen molar-refractivity contribution in [3.05, 3.63) is 29.3 Å². The van der Waals surface area contributed by atoms with E-state index in [1.807, 2.05) is 32.6 Å². The Hall–Kier alpha value is -3.14. The van der Waals surface area contributed by atoms with Crippen LogP contribution in [0.3, 0.4) is 0 Å². The molecule has 2 fully saturated rings.